The first kappa shape index (κ1) is 11.9. The van der Waals surface area contributed by atoms with Gasteiger partial charge in [-0.2, -0.15) is 0 Å². The molecule has 1 atom stereocenters. The van der Waals surface area contributed by atoms with Gasteiger partial charge in [0.15, 0.2) is 11.5 Å². The van der Waals surface area contributed by atoms with Crippen LogP contribution in [0.1, 0.15) is 44.0 Å². The maximum absolute atomic E-state index is 12.5. The van der Waals surface area contributed by atoms with E-state index in [9.17, 15) is 4.79 Å². The number of rotatable bonds is 2. The topological polar surface area (TPSA) is 50.5 Å². The molecule has 2 aliphatic rings. The molecule has 2 fully saturated rings. The minimum absolute atomic E-state index is 0.0977. The number of amides is 1. The Morgan fingerprint density at radius 3 is 2.85 bits per heavy atom. The molecule has 5 heteroatoms. The van der Waals surface area contributed by atoms with E-state index >= 15 is 0 Å². The lowest BCUT2D eigenvalue weighted by Crippen LogP contribution is -2.38. The van der Waals surface area contributed by atoms with Gasteiger partial charge in [0.25, 0.3) is 0 Å². The molecule has 2 aromatic heterocycles. The first-order chi connectivity index (χ1) is 9.84. The number of nitrogens with zero attached hydrogens (tertiary/aromatic N) is 4. The molecular formula is C15H18N4O. The minimum Gasteiger partial charge on any atom is -0.332 e. The Hall–Kier alpha value is -1.91. The second-order valence-corrected chi connectivity index (χ2v) is 5.80. The first-order valence-corrected chi connectivity index (χ1v) is 7.45. The molecule has 0 bridgehead atoms. The van der Waals surface area contributed by atoms with Crippen molar-refractivity contribution in [3.05, 3.63) is 30.2 Å². The lowest BCUT2D eigenvalue weighted by atomic mass is 9.84. The second kappa shape index (κ2) is 4.58. The summed E-state index contributed by atoms with van der Waals surface area (Å²) in [6.07, 6.45) is 7.35. The van der Waals surface area contributed by atoms with Crippen molar-refractivity contribution in [2.24, 2.45) is 5.92 Å². The molecule has 20 heavy (non-hydrogen) atoms. The number of hydrogen-bond donors (Lipinski definition) is 0. The van der Waals surface area contributed by atoms with Crippen molar-refractivity contribution in [2.75, 3.05) is 6.54 Å². The standard InChI is InChI=1S/C15H18N4O/c20-15(11-5-3-6-11)18-10-4-7-12(18)14-17-16-13-8-1-2-9-19(13)14/h1-2,8-9,11-12H,3-7,10H2/t12-/m0/s1. The predicted octanol–water partition coefficient (Wildman–Crippen LogP) is 2.19. The van der Waals surface area contributed by atoms with Crippen LogP contribution in [0.5, 0.6) is 0 Å². The van der Waals surface area contributed by atoms with E-state index in [0.29, 0.717) is 5.91 Å². The highest BCUT2D eigenvalue weighted by Crippen LogP contribution is 2.36. The van der Waals surface area contributed by atoms with Gasteiger partial charge in [-0.1, -0.05) is 12.5 Å². The number of likely N-dealkylation sites (tertiary alicyclic amines) is 1. The Labute approximate surface area is 117 Å². The van der Waals surface area contributed by atoms with Crippen molar-refractivity contribution in [3.63, 3.8) is 0 Å². The van der Waals surface area contributed by atoms with Crippen molar-refractivity contribution in [1.82, 2.24) is 19.5 Å². The Morgan fingerprint density at radius 2 is 2.05 bits per heavy atom. The van der Waals surface area contributed by atoms with Crippen molar-refractivity contribution >= 4 is 11.6 Å². The zero-order chi connectivity index (χ0) is 13.5. The molecule has 104 valence electrons. The van der Waals surface area contributed by atoms with E-state index in [2.05, 4.69) is 10.2 Å². The maximum Gasteiger partial charge on any atom is 0.226 e. The Bertz CT molecular complexity index is 646. The van der Waals surface area contributed by atoms with Crippen molar-refractivity contribution in [2.45, 2.75) is 38.1 Å². The average Bonchev–Trinajstić information content (AvgIpc) is 3.02. The molecule has 0 radical (unpaired) electrons. The van der Waals surface area contributed by atoms with Gasteiger partial charge in [-0.05, 0) is 37.8 Å². The number of hydrogen-bond acceptors (Lipinski definition) is 3. The fourth-order valence-electron chi connectivity index (χ4n) is 3.28. The molecule has 1 saturated heterocycles. The zero-order valence-corrected chi connectivity index (χ0v) is 11.4. The summed E-state index contributed by atoms with van der Waals surface area (Å²) in [5.74, 6) is 1.49. The molecule has 0 spiro atoms. The summed E-state index contributed by atoms with van der Waals surface area (Å²) in [6.45, 7) is 0.863. The van der Waals surface area contributed by atoms with Crippen LogP contribution in [0.25, 0.3) is 5.65 Å². The molecule has 4 rings (SSSR count). The quantitative estimate of drug-likeness (QED) is 0.840. The summed E-state index contributed by atoms with van der Waals surface area (Å²) in [4.78, 5) is 14.6. The molecule has 3 heterocycles. The van der Waals surface area contributed by atoms with Crippen LogP contribution in [0.15, 0.2) is 24.4 Å². The lowest BCUT2D eigenvalue weighted by Gasteiger charge is -2.32. The molecule has 0 unspecified atom stereocenters. The van der Waals surface area contributed by atoms with Crippen LogP contribution >= 0.6 is 0 Å². The van der Waals surface area contributed by atoms with Gasteiger partial charge < -0.3 is 4.90 Å². The van der Waals surface area contributed by atoms with Crippen molar-refractivity contribution < 1.29 is 4.79 Å². The summed E-state index contributed by atoms with van der Waals surface area (Å²) in [5.41, 5.74) is 0.852. The molecule has 1 aliphatic heterocycles. The molecule has 1 saturated carbocycles. The van der Waals surface area contributed by atoms with Crippen LogP contribution in [0.3, 0.4) is 0 Å². The Kier molecular flexibility index (Phi) is 2.72. The number of aromatic nitrogens is 3. The summed E-state index contributed by atoms with van der Waals surface area (Å²) in [5, 5.41) is 8.54. The Balaban J connectivity index is 1.67. The largest absolute Gasteiger partial charge is 0.332 e. The van der Waals surface area contributed by atoms with Gasteiger partial charge in [-0.15, -0.1) is 10.2 Å². The summed E-state index contributed by atoms with van der Waals surface area (Å²) in [7, 11) is 0. The van der Waals surface area contributed by atoms with Crippen molar-refractivity contribution in [1.29, 1.82) is 0 Å². The number of carbonyl (C=O) groups is 1. The van der Waals surface area contributed by atoms with Crippen molar-refractivity contribution in [3.8, 4) is 0 Å². The molecule has 0 aromatic carbocycles. The lowest BCUT2D eigenvalue weighted by molar-refractivity contribution is -0.139. The molecule has 0 N–H and O–H groups in total. The van der Waals surface area contributed by atoms with E-state index in [1.807, 2.05) is 33.7 Å². The molecular weight excluding hydrogens is 252 g/mol. The highest BCUT2D eigenvalue weighted by atomic mass is 16.2. The van der Waals surface area contributed by atoms with Gasteiger partial charge in [0.2, 0.25) is 5.91 Å². The predicted molar refractivity (Wildman–Crippen MR) is 74.0 cm³/mol. The Morgan fingerprint density at radius 1 is 1.15 bits per heavy atom. The molecule has 5 nitrogen and oxygen atoms in total. The van der Waals surface area contributed by atoms with E-state index < -0.39 is 0 Å². The SMILES string of the molecule is O=C(C1CCC1)N1CCC[C@H]1c1nnc2ccccn12. The van der Waals surface area contributed by atoms with Gasteiger partial charge >= 0.3 is 0 Å². The third kappa shape index (κ3) is 1.72. The highest BCUT2D eigenvalue weighted by molar-refractivity contribution is 5.80. The van der Waals surface area contributed by atoms with E-state index in [1.165, 1.54) is 6.42 Å². The van der Waals surface area contributed by atoms with Gasteiger partial charge in [-0.3, -0.25) is 9.20 Å². The summed E-state index contributed by atoms with van der Waals surface area (Å²) >= 11 is 0. The van der Waals surface area contributed by atoms with E-state index in [0.717, 1.165) is 43.7 Å². The first-order valence-electron chi connectivity index (χ1n) is 7.45. The molecule has 1 aliphatic carbocycles. The van der Waals surface area contributed by atoms with Crippen LogP contribution in [0.4, 0.5) is 0 Å². The van der Waals surface area contributed by atoms with Gasteiger partial charge in [0.05, 0.1) is 6.04 Å². The maximum atomic E-state index is 12.5. The van der Waals surface area contributed by atoms with Gasteiger partial charge in [-0.25, -0.2) is 0 Å². The fraction of sp³-hybridized carbons (Fsp3) is 0.533. The van der Waals surface area contributed by atoms with Crippen LogP contribution in [-0.4, -0.2) is 31.9 Å². The third-order valence-electron chi connectivity index (χ3n) is 4.63. The van der Waals surface area contributed by atoms with E-state index in [4.69, 9.17) is 0 Å². The van der Waals surface area contributed by atoms with Crippen LogP contribution in [-0.2, 0) is 4.79 Å². The van der Waals surface area contributed by atoms with Gasteiger partial charge in [0.1, 0.15) is 0 Å². The fourth-order valence-corrected chi connectivity index (χ4v) is 3.28. The minimum atomic E-state index is 0.0977. The van der Waals surface area contributed by atoms with E-state index in [-0.39, 0.29) is 12.0 Å². The number of pyridine rings is 1. The monoisotopic (exact) mass is 270 g/mol. The zero-order valence-electron chi connectivity index (χ0n) is 11.4. The molecule has 1 amide bonds. The van der Waals surface area contributed by atoms with Crippen LogP contribution in [0, 0.1) is 5.92 Å². The van der Waals surface area contributed by atoms with E-state index in [1.54, 1.807) is 0 Å². The number of fused-ring (bicyclic) bond motifs is 1. The van der Waals surface area contributed by atoms with Crippen LogP contribution < -0.4 is 0 Å². The third-order valence-corrected chi connectivity index (χ3v) is 4.63. The molecule has 2 aromatic rings. The normalized spacial score (nSPS) is 23.2. The number of carbonyl (C=O) groups excluding carboxylic acids is 1. The summed E-state index contributed by atoms with van der Waals surface area (Å²) in [6, 6.07) is 5.98. The smallest absolute Gasteiger partial charge is 0.226 e. The second-order valence-electron chi connectivity index (χ2n) is 5.80. The van der Waals surface area contributed by atoms with Crippen LogP contribution in [0.2, 0.25) is 0 Å². The van der Waals surface area contributed by atoms with Gasteiger partial charge in [0, 0.05) is 18.7 Å². The average molecular weight is 270 g/mol. The summed E-state index contributed by atoms with van der Waals surface area (Å²) < 4.78 is 2.01. The highest BCUT2D eigenvalue weighted by Gasteiger charge is 2.38.